The topological polar surface area (TPSA) is 141 Å². The van der Waals surface area contributed by atoms with Gasteiger partial charge in [0.2, 0.25) is 0 Å². The van der Waals surface area contributed by atoms with E-state index < -0.39 is 0 Å². The molecule has 0 aromatic heterocycles. The zero-order chi connectivity index (χ0) is 38.1. The van der Waals surface area contributed by atoms with Crippen molar-refractivity contribution in [3.05, 3.63) is 0 Å². The number of esters is 5. The Kier molecular flexibility index (Phi) is 26.3. The fourth-order valence-corrected chi connectivity index (χ4v) is 5.54. The van der Waals surface area contributed by atoms with Crippen LogP contribution in [-0.2, 0) is 47.7 Å². The Labute approximate surface area is 302 Å². The van der Waals surface area contributed by atoms with Gasteiger partial charge in [0.1, 0.15) is 30.5 Å². The normalized spacial score (nSPS) is 14.5. The van der Waals surface area contributed by atoms with E-state index in [0.717, 1.165) is 38.9 Å². The van der Waals surface area contributed by atoms with Gasteiger partial charge in [0.25, 0.3) is 0 Å². The van der Waals surface area contributed by atoms with Crippen LogP contribution in [0.4, 0.5) is 0 Å². The van der Waals surface area contributed by atoms with Gasteiger partial charge < -0.3 is 23.7 Å². The third kappa shape index (κ3) is 24.4. The summed E-state index contributed by atoms with van der Waals surface area (Å²) < 4.78 is 27.7. The molecular weight excluding hydrogens is 646 g/mol. The SMILES string of the molecule is CCC(=O)OC(C)CN(CCCCN(CC(C)OC(=O)CC)CC(C)OC(=O)CC)CCCN(CC(C)OC(=O)CC)CC(C)OC(=O)CC. The highest BCUT2D eigenvalue weighted by Gasteiger charge is 2.21. The standard InChI is InChI=1S/C37H69N3O10/c1-11-33(41)46-28(6)23-38(21-18-22-40(26-31(9)49-36(44)14-4)27-32(10)50-37(45)15-5)19-16-17-20-39(24-29(7)47-34(42)12-2)25-30(8)48-35(43)13-3/h28-32H,11-27H2,1-10H3. The van der Waals surface area contributed by atoms with E-state index in [4.69, 9.17) is 23.7 Å². The maximum Gasteiger partial charge on any atom is 0.305 e. The first-order chi connectivity index (χ1) is 23.6. The molecule has 0 aromatic rings. The monoisotopic (exact) mass is 715 g/mol. The molecule has 0 bridgehead atoms. The van der Waals surface area contributed by atoms with Gasteiger partial charge in [-0.15, -0.1) is 0 Å². The van der Waals surface area contributed by atoms with Gasteiger partial charge in [0, 0.05) is 64.8 Å². The van der Waals surface area contributed by atoms with Crippen LogP contribution in [0.15, 0.2) is 0 Å². The molecule has 0 spiro atoms. The van der Waals surface area contributed by atoms with Crippen molar-refractivity contribution in [1.82, 2.24) is 14.7 Å². The van der Waals surface area contributed by atoms with Crippen LogP contribution in [0.2, 0.25) is 0 Å². The van der Waals surface area contributed by atoms with E-state index in [9.17, 15) is 24.0 Å². The molecule has 0 aromatic carbocycles. The van der Waals surface area contributed by atoms with Crippen molar-refractivity contribution >= 4 is 29.8 Å². The highest BCUT2D eigenvalue weighted by molar-refractivity contribution is 5.70. The Morgan fingerprint density at radius 3 is 0.820 bits per heavy atom. The summed E-state index contributed by atoms with van der Waals surface area (Å²) in [5.74, 6) is -1.24. The molecule has 0 saturated heterocycles. The summed E-state index contributed by atoms with van der Waals surface area (Å²) >= 11 is 0. The third-order valence-corrected chi connectivity index (χ3v) is 7.83. The second-order valence-electron chi connectivity index (χ2n) is 13.2. The molecule has 0 rings (SSSR count). The Bertz CT molecular complexity index is 929. The Balaban J connectivity index is 5.54. The van der Waals surface area contributed by atoms with Crippen LogP contribution in [0.25, 0.3) is 0 Å². The minimum atomic E-state index is -0.314. The van der Waals surface area contributed by atoms with Gasteiger partial charge in [-0.1, -0.05) is 34.6 Å². The van der Waals surface area contributed by atoms with Crippen molar-refractivity contribution < 1.29 is 47.7 Å². The minimum absolute atomic E-state index is 0.235. The predicted octanol–water partition coefficient (Wildman–Crippen LogP) is 4.77. The van der Waals surface area contributed by atoms with Gasteiger partial charge >= 0.3 is 29.8 Å². The fraction of sp³-hybridized carbons (Fsp3) is 0.865. The van der Waals surface area contributed by atoms with Gasteiger partial charge in [-0.3, -0.25) is 38.7 Å². The summed E-state index contributed by atoms with van der Waals surface area (Å²) in [6.07, 6.45) is 2.56. The molecule has 0 fully saturated rings. The van der Waals surface area contributed by atoms with Crippen molar-refractivity contribution in [2.45, 2.75) is 151 Å². The van der Waals surface area contributed by atoms with E-state index in [-0.39, 0.29) is 60.4 Å². The van der Waals surface area contributed by atoms with E-state index in [1.807, 2.05) is 34.6 Å². The van der Waals surface area contributed by atoms with E-state index in [0.29, 0.717) is 71.4 Å². The molecule has 0 heterocycles. The summed E-state index contributed by atoms with van der Waals surface area (Å²) in [4.78, 5) is 66.2. The van der Waals surface area contributed by atoms with Crippen LogP contribution in [0.3, 0.4) is 0 Å². The molecule has 50 heavy (non-hydrogen) atoms. The summed E-state index contributed by atoms with van der Waals surface area (Å²) in [5, 5.41) is 0. The van der Waals surface area contributed by atoms with Crippen molar-refractivity contribution in [2.75, 3.05) is 58.9 Å². The van der Waals surface area contributed by atoms with E-state index in [1.165, 1.54) is 0 Å². The lowest BCUT2D eigenvalue weighted by molar-refractivity contribution is -0.152. The molecule has 292 valence electrons. The second kappa shape index (κ2) is 27.9. The molecule has 0 aliphatic heterocycles. The first kappa shape index (κ1) is 47.2. The molecule has 0 N–H and O–H groups in total. The highest BCUT2D eigenvalue weighted by Crippen LogP contribution is 2.10. The van der Waals surface area contributed by atoms with Gasteiger partial charge in [-0.05, 0) is 80.1 Å². The van der Waals surface area contributed by atoms with Crippen molar-refractivity contribution in [2.24, 2.45) is 0 Å². The van der Waals surface area contributed by atoms with Crippen LogP contribution in [0.5, 0.6) is 0 Å². The molecule has 13 heteroatoms. The second-order valence-corrected chi connectivity index (χ2v) is 13.2. The molecule has 0 amide bonds. The van der Waals surface area contributed by atoms with E-state index >= 15 is 0 Å². The molecule has 0 aliphatic rings. The van der Waals surface area contributed by atoms with Gasteiger partial charge in [-0.25, -0.2) is 0 Å². The van der Waals surface area contributed by atoms with Crippen LogP contribution < -0.4 is 0 Å². The number of unbranched alkanes of at least 4 members (excludes halogenated alkanes) is 1. The average molecular weight is 716 g/mol. The first-order valence-electron chi connectivity index (χ1n) is 18.8. The van der Waals surface area contributed by atoms with Crippen LogP contribution in [-0.4, -0.2) is 134 Å². The van der Waals surface area contributed by atoms with Crippen molar-refractivity contribution in [3.8, 4) is 0 Å². The molecular formula is C37H69N3O10. The smallest absolute Gasteiger partial charge is 0.305 e. The quantitative estimate of drug-likeness (QED) is 0.0597. The summed E-state index contributed by atoms with van der Waals surface area (Å²) in [5.41, 5.74) is 0. The zero-order valence-corrected chi connectivity index (χ0v) is 32.8. The predicted molar refractivity (Wildman–Crippen MR) is 192 cm³/mol. The third-order valence-electron chi connectivity index (χ3n) is 7.83. The maximum atomic E-state index is 12.0. The number of hydrogen-bond acceptors (Lipinski definition) is 13. The van der Waals surface area contributed by atoms with Crippen LogP contribution >= 0.6 is 0 Å². The summed E-state index contributed by atoms with van der Waals surface area (Å²) in [6, 6.07) is 0. The number of ether oxygens (including phenoxy) is 5. The van der Waals surface area contributed by atoms with E-state index in [2.05, 4.69) is 14.7 Å². The van der Waals surface area contributed by atoms with Crippen molar-refractivity contribution in [1.29, 1.82) is 0 Å². The zero-order valence-electron chi connectivity index (χ0n) is 32.8. The average Bonchev–Trinajstić information content (AvgIpc) is 3.05. The number of carbonyl (C=O) groups is 5. The molecule has 0 radical (unpaired) electrons. The van der Waals surface area contributed by atoms with Crippen LogP contribution in [0, 0.1) is 0 Å². The van der Waals surface area contributed by atoms with Gasteiger partial charge in [-0.2, -0.15) is 0 Å². The summed E-state index contributed by atoms with van der Waals surface area (Å²) in [7, 11) is 0. The number of carbonyl (C=O) groups excluding carboxylic acids is 5. The maximum absolute atomic E-state index is 12.0. The largest absolute Gasteiger partial charge is 0.461 e. The lowest BCUT2D eigenvalue weighted by Gasteiger charge is -2.31. The van der Waals surface area contributed by atoms with E-state index in [1.54, 1.807) is 34.6 Å². The number of nitrogens with zero attached hydrogens (tertiary/aromatic N) is 3. The summed E-state index contributed by atoms with van der Waals surface area (Å²) in [6.45, 7) is 23.8. The van der Waals surface area contributed by atoms with Gasteiger partial charge in [0.15, 0.2) is 0 Å². The highest BCUT2D eigenvalue weighted by atomic mass is 16.6. The minimum Gasteiger partial charge on any atom is -0.461 e. The van der Waals surface area contributed by atoms with Crippen LogP contribution in [0.1, 0.15) is 121 Å². The molecule has 13 nitrogen and oxygen atoms in total. The fourth-order valence-electron chi connectivity index (χ4n) is 5.54. The molecule has 0 aliphatic carbocycles. The lowest BCUT2D eigenvalue weighted by atomic mass is 10.2. The number of rotatable bonds is 29. The number of hydrogen-bond donors (Lipinski definition) is 0. The Morgan fingerprint density at radius 2 is 0.560 bits per heavy atom. The Morgan fingerprint density at radius 1 is 0.360 bits per heavy atom. The molecule has 5 unspecified atom stereocenters. The molecule has 0 saturated carbocycles. The molecule has 5 atom stereocenters. The van der Waals surface area contributed by atoms with Crippen molar-refractivity contribution in [3.63, 3.8) is 0 Å². The Hall–Kier alpha value is -2.77. The first-order valence-corrected chi connectivity index (χ1v) is 18.8. The van der Waals surface area contributed by atoms with Gasteiger partial charge in [0.05, 0.1) is 0 Å². The lowest BCUT2D eigenvalue weighted by Crippen LogP contribution is -2.41.